The summed E-state index contributed by atoms with van der Waals surface area (Å²) in [6, 6.07) is 0.676. The first kappa shape index (κ1) is 6.73. The van der Waals surface area contributed by atoms with Crippen molar-refractivity contribution in [3.05, 3.63) is 28.9 Å². The Morgan fingerprint density at radius 1 is 1.50 bits per heavy atom. The lowest BCUT2D eigenvalue weighted by atomic mass is 10.4. The van der Waals surface area contributed by atoms with Gasteiger partial charge in [0.05, 0.1) is 6.20 Å². The van der Waals surface area contributed by atoms with Crippen molar-refractivity contribution in [1.82, 2.24) is 4.98 Å². The van der Waals surface area contributed by atoms with Crippen LogP contribution < -0.4 is 0 Å². The molecule has 0 spiro atoms. The molecule has 0 unspecified atom stereocenters. The average Bonchev–Trinajstić information content (AvgIpc) is 1.94. The van der Waals surface area contributed by atoms with E-state index in [4.69, 9.17) is 0 Å². The van der Waals surface area contributed by atoms with E-state index in [0.29, 0.717) is 12.3 Å². The van der Waals surface area contributed by atoms with E-state index in [9.17, 15) is 13.7 Å². The molecule has 0 bridgehead atoms. The van der Waals surface area contributed by atoms with Gasteiger partial charge in [-0.25, -0.2) is 9.37 Å². The summed E-state index contributed by atoms with van der Waals surface area (Å²) < 4.78 is 24.3. The lowest BCUT2D eigenvalue weighted by Crippen LogP contribution is -1.83. The average molecular weight is 144 g/mol. The molecular formula is C5H2F2N2O. The molecule has 0 aliphatic heterocycles. The van der Waals surface area contributed by atoms with Crippen LogP contribution in [0, 0.1) is 16.7 Å². The van der Waals surface area contributed by atoms with Crippen LogP contribution in [-0.4, -0.2) is 4.98 Å². The Kier molecular flexibility index (Phi) is 1.66. The Morgan fingerprint density at radius 3 is 2.70 bits per heavy atom. The quantitative estimate of drug-likeness (QED) is 0.445. The molecule has 0 amide bonds. The highest BCUT2D eigenvalue weighted by molar-refractivity contribution is 5.33. The lowest BCUT2D eigenvalue weighted by molar-refractivity contribution is 0.562. The largest absolute Gasteiger partial charge is 0.242 e. The molecule has 5 heteroatoms. The molecule has 0 aliphatic rings. The SMILES string of the molecule is O=Nc1cc(F)cnc1F. The lowest BCUT2D eigenvalue weighted by Gasteiger charge is -1.89. The zero-order valence-electron chi connectivity index (χ0n) is 4.71. The maximum atomic E-state index is 12.2. The minimum atomic E-state index is -1.06. The topological polar surface area (TPSA) is 42.3 Å². The van der Waals surface area contributed by atoms with Gasteiger partial charge in [0.15, 0.2) is 5.69 Å². The van der Waals surface area contributed by atoms with Gasteiger partial charge in [0, 0.05) is 6.07 Å². The van der Waals surface area contributed by atoms with Gasteiger partial charge in [0.2, 0.25) is 5.95 Å². The van der Waals surface area contributed by atoms with Gasteiger partial charge in [-0.2, -0.15) is 4.39 Å². The predicted molar refractivity (Wildman–Crippen MR) is 29.6 cm³/mol. The number of pyridine rings is 1. The van der Waals surface area contributed by atoms with Crippen molar-refractivity contribution >= 4 is 5.69 Å². The summed E-state index contributed by atoms with van der Waals surface area (Å²) in [6.45, 7) is 0. The monoisotopic (exact) mass is 144 g/mol. The van der Waals surface area contributed by atoms with Crippen molar-refractivity contribution < 1.29 is 8.78 Å². The van der Waals surface area contributed by atoms with E-state index in [1.807, 2.05) is 0 Å². The number of aromatic nitrogens is 1. The molecule has 0 saturated carbocycles. The van der Waals surface area contributed by atoms with Crippen molar-refractivity contribution in [2.45, 2.75) is 0 Å². The van der Waals surface area contributed by atoms with Crippen molar-refractivity contribution in [3.63, 3.8) is 0 Å². The number of rotatable bonds is 1. The second-order valence-electron chi connectivity index (χ2n) is 1.55. The molecule has 3 nitrogen and oxygen atoms in total. The first-order chi connectivity index (χ1) is 4.74. The van der Waals surface area contributed by atoms with E-state index in [1.54, 1.807) is 0 Å². The summed E-state index contributed by atoms with van der Waals surface area (Å²) in [5, 5.41) is 2.20. The second-order valence-corrected chi connectivity index (χ2v) is 1.55. The van der Waals surface area contributed by atoms with Gasteiger partial charge >= 0.3 is 0 Å². The Bertz CT molecular complexity index is 264. The van der Waals surface area contributed by atoms with E-state index in [2.05, 4.69) is 10.2 Å². The van der Waals surface area contributed by atoms with Gasteiger partial charge in [-0.15, -0.1) is 4.91 Å². The van der Waals surface area contributed by atoms with Crippen molar-refractivity contribution in [1.29, 1.82) is 0 Å². The third-order valence-electron chi connectivity index (χ3n) is 0.886. The van der Waals surface area contributed by atoms with Crippen molar-refractivity contribution in [2.24, 2.45) is 5.18 Å². The fourth-order valence-electron chi connectivity index (χ4n) is 0.476. The highest BCUT2D eigenvalue weighted by Gasteiger charge is 2.03. The summed E-state index contributed by atoms with van der Waals surface area (Å²) in [6.07, 6.45) is 0.671. The van der Waals surface area contributed by atoms with E-state index in [-0.39, 0.29) is 0 Å². The van der Waals surface area contributed by atoms with E-state index < -0.39 is 17.5 Å². The molecule has 0 N–H and O–H groups in total. The van der Waals surface area contributed by atoms with Crippen LogP contribution in [0.15, 0.2) is 17.4 Å². The van der Waals surface area contributed by atoms with Crippen LogP contribution in [0.2, 0.25) is 0 Å². The van der Waals surface area contributed by atoms with E-state index >= 15 is 0 Å². The second kappa shape index (κ2) is 2.47. The fourth-order valence-corrected chi connectivity index (χ4v) is 0.476. The Labute approximate surface area is 54.7 Å². The third kappa shape index (κ3) is 1.12. The summed E-state index contributed by atoms with van der Waals surface area (Å²) in [4.78, 5) is 12.6. The molecule has 0 aliphatic carbocycles. The first-order valence-corrected chi connectivity index (χ1v) is 2.38. The van der Waals surface area contributed by atoms with E-state index in [0.717, 1.165) is 0 Å². The number of hydrogen-bond acceptors (Lipinski definition) is 3. The summed E-state index contributed by atoms with van der Waals surface area (Å²) >= 11 is 0. The zero-order chi connectivity index (χ0) is 7.56. The van der Waals surface area contributed by atoms with Gasteiger partial charge in [0.25, 0.3) is 0 Å². The maximum Gasteiger partial charge on any atom is 0.242 e. The minimum absolute atomic E-state index is 0.611. The fraction of sp³-hybridized carbons (Fsp3) is 0. The standard InChI is InChI=1S/C5H2F2N2O/c6-3-1-4(9-10)5(7)8-2-3/h1-2H. The first-order valence-electron chi connectivity index (χ1n) is 2.38. The molecule has 10 heavy (non-hydrogen) atoms. The maximum absolute atomic E-state index is 12.2. The van der Waals surface area contributed by atoms with Gasteiger partial charge in [-0.1, -0.05) is 0 Å². The van der Waals surface area contributed by atoms with Crippen LogP contribution in [0.25, 0.3) is 0 Å². The normalized spacial score (nSPS) is 9.40. The number of hydrogen-bond donors (Lipinski definition) is 0. The molecule has 0 radical (unpaired) electrons. The molecule has 52 valence electrons. The summed E-state index contributed by atoms with van der Waals surface area (Å²) in [5.74, 6) is -1.84. The molecule has 1 aromatic rings. The van der Waals surface area contributed by atoms with Gasteiger partial charge in [-0.05, 0) is 5.18 Å². The van der Waals surface area contributed by atoms with Crippen LogP contribution in [-0.2, 0) is 0 Å². The van der Waals surface area contributed by atoms with Gasteiger partial charge in [-0.3, -0.25) is 0 Å². The molecule has 0 fully saturated rings. The molecule has 0 aromatic carbocycles. The number of halogens is 2. The van der Waals surface area contributed by atoms with Crippen LogP contribution in [0.1, 0.15) is 0 Å². The highest BCUT2D eigenvalue weighted by atomic mass is 19.1. The van der Waals surface area contributed by atoms with Crippen LogP contribution in [0.5, 0.6) is 0 Å². The summed E-state index contributed by atoms with van der Waals surface area (Å²) in [5.41, 5.74) is -0.611. The Hall–Kier alpha value is -1.39. The van der Waals surface area contributed by atoms with E-state index in [1.165, 1.54) is 0 Å². The molecule has 0 saturated heterocycles. The molecule has 1 rings (SSSR count). The van der Waals surface area contributed by atoms with Crippen LogP contribution in [0.3, 0.4) is 0 Å². The van der Waals surface area contributed by atoms with Crippen LogP contribution in [0.4, 0.5) is 14.5 Å². The smallest absolute Gasteiger partial charge is 0.223 e. The van der Waals surface area contributed by atoms with Crippen LogP contribution >= 0.6 is 0 Å². The minimum Gasteiger partial charge on any atom is -0.223 e. The van der Waals surface area contributed by atoms with Gasteiger partial charge < -0.3 is 0 Å². The molecule has 1 aromatic heterocycles. The van der Waals surface area contributed by atoms with Gasteiger partial charge in [0.1, 0.15) is 5.82 Å². The van der Waals surface area contributed by atoms with Crippen molar-refractivity contribution in [2.75, 3.05) is 0 Å². The molecular weight excluding hydrogens is 142 g/mol. The number of nitrogens with zero attached hydrogens (tertiary/aromatic N) is 2. The molecule has 0 atom stereocenters. The summed E-state index contributed by atoms with van der Waals surface area (Å²) in [7, 11) is 0. The molecule has 1 heterocycles. The van der Waals surface area contributed by atoms with Crippen molar-refractivity contribution in [3.8, 4) is 0 Å². The number of nitroso groups, excluding NO2 is 1. The Morgan fingerprint density at radius 2 is 2.20 bits per heavy atom. The highest BCUT2D eigenvalue weighted by Crippen LogP contribution is 2.14. The third-order valence-corrected chi connectivity index (χ3v) is 0.886. The predicted octanol–water partition coefficient (Wildman–Crippen LogP) is 1.76. The Balaban J connectivity index is 3.21. The zero-order valence-corrected chi connectivity index (χ0v) is 4.71.